The highest BCUT2D eigenvalue weighted by molar-refractivity contribution is 5.72. The number of amides is 1. The van der Waals surface area contributed by atoms with Crippen LogP contribution in [0.4, 0.5) is 13.2 Å². The Balaban J connectivity index is 1.84. The van der Waals surface area contributed by atoms with Gasteiger partial charge in [-0.3, -0.25) is 9.59 Å². The second kappa shape index (κ2) is 10.5. The van der Waals surface area contributed by atoms with Gasteiger partial charge in [-0.1, -0.05) is 18.2 Å². The van der Waals surface area contributed by atoms with Crippen LogP contribution in [0.5, 0.6) is 23.1 Å². The van der Waals surface area contributed by atoms with Gasteiger partial charge in [-0.2, -0.15) is 13.2 Å². The van der Waals surface area contributed by atoms with Gasteiger partial charge in [-0.25, -0.2) is 4.98 Å². The summed E-state index contributed by atoms with van der Waals surface area (Å²) in [5.41, 5.74) is -0.0394. The lowest BCUT2D eigenvalue weighted by Gasteiger charge is -2.16. The Morgan fingerprint density at radius 3 is 2.52 bits per heavy atom. The second-order valence-corrected chi connectivity index (χ2v) is 6.73. The first-order chi connectivity index (χ1) is 15.8. The summed E-state index contributed by atoms with van der Waals surface area (Å²) in [5.74, 6) is -0.807. The van der Waals surface area contributed by atoms with Crippen LogP contribution in [0.15, 0.2) is 60.7 Å². The molecule has 33 heavy (non-hydrogen) atoms. The first kappa shape index (κ1) is 23.6. The minimum absolute atomic E-state index is 0.0406. The predicted octanol–water partition coefficient (Wildman–Crippen LogP) is 4.65. The number of pyridine rings is 1. The number of esters is 1. The fourth-order valence-corrected chi connectivity index (χ4v) is 2.85. The van der Waals surface area contributed by atoms with E-state index in [1.54, 1.807) is 24.3 Å². The molecular formula is C23H19F3N2O5. The Hall–Kier alpha value is -4.08. The maximum Gasteiger partial charge on any atom is 0.420 e. The van der Waals surface area contributed by atoms with E-state index >= 15 is 0 Å². The second-order valence-electron chi connectivity index (χ2n) is 6.73. The number of halogens is 3. The normalized spacial score (nSPS) is 10.9. The van der Waals surface area contributed by atoms with Gasteiger partial charge < -0.3 is 19.5 Å². The summed E-state index contributed by atoms with van der Waals surface area (Å²) in [7, 11) is 1.25. The third-order valence-electron chi connectivity index (χ3n) is 4.33. The minimum atomic E-state index is -4.72. The average molecular weight is 460 g/mol. The molecule has 0 radical (unpaired) electrons. The number of rotatable bonds is 9. The Bertz CT molecular complexity index is 1140. The van der Waals surface area contributed by atoms with Gasteiger partial charge in [-0.15, -0.1) is 0 Å². The van der Waals surface area contributed by atoms with E-state index in [0.717, 1.165) is 12.1 Å². The first-order valence-corrected chi connectivity index (χ1v) is 9.64. The Morgan fingerprint density at radius 1 is 1.03 bits per heavy atom. The highest BCUT2D eigenvalue weighted by atomic mass is 19.4. The number of alkyl halides is 3. The SMILES string of the molecule is COC(=O)Cc1cccc(Oc2ccc(Oc3cccc(CNC=O)n3)cc2C(F)(F)F)c1. The summed E-state index contributed by atoms with van der Waals surface area (Å²) < 4.78 is 56.7. The van der Waals surface area contributed by atoms with Crippen LogP contribution in [0.25, 0.3) is 0 Å². The van der Waals surface area contributed by atoms with Crippen molar-refractivity contribution in [3.05, 3.63) is 77.5 Å². The van der Waals surface area contributed by atoms with Gasteiger partial charge in [0, 0.05) is 6.07 Å². The van der Waals surface area contributed by atoms with Crippen molar-refractivity contribution < 1.29 is 37.0 Å². The molecule has 1 amide bonds. The van der Waals surface area contributed by atoms with Crippen molar-refractivity contribution in [3.8, 4) is 23.1 Å². The number of hydrogen-bond acceptors (Lipinski definition) is 6. The number of nitrogens with one attached hydrogen (secondary N) is 1. The maximum atomic E-state index is 13.7. The molecule has 0 bridgehead atoms. The van der Waals surface area contributed by atoms with Crippen molar-refractivity contribution in [2.75, 3.05) is 7.11 Å². The summed E-state index contributed by atoms with van der Waals surface area (Å²) >= 11 is 0. The lowest BCUT2D eigenvalue weighted by atomic mass is 10.1. The standard InChI is InChI=1S/C23H19F3N2O5/c1-31-22(30)11-15-4-2-6-17(10-15)32-20-9-8-18(12-19(20)23(24,25)26)33-21-7-3-5-16(28-21)13-27-14-29/h2-10,12,14H,11,13H2,1H3,(H,27,29). The van der Waals surface area contributed by atoms with E-state index in [1.807, 2.05) is 0 Å². The van der Waals surface area contributed by atoms with E-state index in [1.165, 1.54) is 31.4 Å². The van der Waals surface area contributed by atoms with E-state index < -0.39 is 23.5 Å². The lowest BCUT2D eigenvalue weighted by molar-refractivity contribution is -0.140. The lowest BCUT2D eigenvalue weighted by Crippen LogP contribution is -2.11. The Kier molecular flexibility index (Phi) is 7.50. The molecule has 10 heteroatoms. The molecule has 0 saturated carbocycles. The number of aromatic nitrogens is 1. The number of carbonyl (C=O) groups is 2. The number of benzene rings is 2. The molecule has 0 saturated heterocycles. The third-order valence-corrected chi connectivity index (χ3v) is 4.33. The summed E-state index contributed by atoms with van der Waals surface area (Å²) in [4.78, 5) is 26.0. The minimum Gasteiger partial charge on any atom is -0.469 e. The Labute approximate surface area is 187 Å². The fraction of sp³-hybridized carbons (Fsp3) is 0.174. The summed E-state index contributed by atoms with van der Waals surface area (Å²) in [6.07, 6.45) is -4.25. The zero-order valence-electron chi connectivity index (χ0n) is 17.4. The largest absolute Gasteiger partial charge is 0.469 e. The fourth-order valence-electron chi connectivity index (χ4n) is 2.85. The number of nitrogens with zero attached hydrogens (tertiary/aromatic N) is 1. The van der Waals surface area contributed by atoms with Gasteiger partial charge in [-0.05, 0) is 42.0 Å². The molecule has 1 N–H and O–H groups in total. The van der Waals surface area contributed by atoms with E-state index in [2.05, 4.69) is 15.0 Å². The van der Waals surface area contributed by atoms with Crippen LogP contribution in [0, 0.1) is 0 Å². The van der Waals surface area contributed by atoms with Crippen LogP contribution in [0.2, 0.25) is 0 Å². The molecule has 2 aromatic carbocycles. The van der Waals surface area contributed by atoms with Gasteiger partial charge in [0.2, 0.25) is 12.3 Å². The van der Waals surface area contributed by atoms with Crippen molar-refractivity contribution in [3.63, 3.8) is 0 Å². The highest BCUT2D eigenvalue weighted by Crippen LogP contribution is 2.41. The van der Waals surface area contributed by atoms with Gasteiger partial charge in [0.05, 0.1) is 25.8 Å². The van der Waals surface area contributed by atoms with E-state index in [-0.39, 0.29) is 30.3 Å². The molecule has 0 unspecified atom stereocenters. The molecule has 0 spiro atoms. The van der Waals surface area contributed by atoms with E-state index in [9.17, 15) is 22.8 Å². The van der Waals surface area contributed by atoms with Gasteiger partial charge in [0.15, 0.2) is 0 Å². The zero-order chi connectivity index (χ0) is 23.8. The number of hydrogen-bond donors (Lipinski definition) is 1. The van der Waals surface area contributed by atoms with Crippen LogP contribution in [0.3, 0.4) is 0 Å². The van der Waals surface area contributed by atoms with Gasteiger partial charge in [0.25, 0.3) is 0 Å². The van der Waals surface area contributed by atoms with Crippen LogP contribution in [-0.2, 0) is 33.5 Å². The van der Waals surface area contributed by atoms with Crippen molar-refractivity contribution in [1.82, 2.24) is 10.3 Å². The molecule has 1 heterocycles. The molecule has 0 fully saturated rings. The number of ether oxygens (including phenoxy) is 3. The monoisotopic (exact) mass is 460 g/mol. The quantitative estimate of drug-likeness (QED) is 0.370. The zero-order valence-corrected chi connectivity index (χ0v) is 17.4. The van der Waals surface area contributed by atoms with Gasteiger partial charge >= 0.3 is 12.1 Å². The van der Waals surface area contributed by atoms with Gasteiger partial charge in [0.1, 0.15) is 22.8 Å². The molecule has 0 aliphatic rings. The molecule has 3 rings (SSSR count). The van der Waals surface area contributed by atoms with Crippen molar-refractivity contribution in [2.24, 2.45) is 0 Å². The molecule has 0 aliphatic heterocycles. The first-order valence-electron chi connectivity index (χ1n) is 9.64. The summed E-state index contributed by atoms with van der Waals surface area (Å²) in [6, 6.07) is 14.1. The van der Waals surface area contributed by atoms with Crippen LogP contribution in [-0.4, -0.2) is 24.5 Å². The maximum absolute atomic E-state index is 13.7. The summed E-state index contributed by atoms with van der Waals surface area (Å²) in [6.45, 7) is 0.149. The third kappa shape index (κ3) is 6.70. The molecule has 0 aliphatic carbocycles. The topological polar surface area (TPSA) is 86.8 Å². The number of carbonyl (C=O) groups excluding carboxylic acids is 2. The highest BCUT2D eigenvalue weighted by Gasteiger charge is 2.35. The van der Waals surface area contributed by atoms with Crippen molar-refractivity contribution in [1.29, 1.82) is 0 Å². The molecule has 1 aromatic heterocycles. The smallest absolute Gasteiger partial charge is 0.420 e. The average Bonchev–Trinajstić information content (AvgIpc) is 2.78. The van der Waals surface area contributed by atoms with Crippen LogP contribution in [0.1, 0.15) is 16.8 Å². The van der Waals surface area contributed by atoms with Crippen molar-refractivity contribution >= 4 is 12.4 Å². The molecule has 0 atom stereocenters. The Morgan fingerprint density at radius 2 is 1.79 bits per heavy atom. The van der Waals surface area contributed by atoms with Crippen LogP contribution >= 0.6 is 0 Å². The van der Waals surface area contributed by atoms with Crippen molar-refractivity contribution in [2.45, 2.75) is 19.1 Å². The predicted molar refractivity (Wildman–Crippen MR) is 111 cm³/mol. The molecule has 3 aromatic rings. The van der Waals surface area contributed by atoms with E-state index in [4.69, 9.17) is 9.47 Å². The molecule has 7 nitrogen and oxygen atoms in total. The van der Waals surface area contributed by atoms with E-state index in [0.29, 0.717) is 17.7 Å². The molecular weight excluding hydrogens is 441 g/mol. The molecule has 172 valence electrons. The number of methoxy groups -OCH3 is 1. The van der Waals surface area contributed by atoms with Crippen LogP contribution < -0.4 is 14.8 Å². The summed E-state index contributed by atoms with van der Waals surface area (Å²) in [5, 5.41) is 2.44.